The largest absolute Gasteiger partial charge is 0.497 e. The summed E-state index contributed by atoms with van der Waals surface area (Å²) in [5.74, 6) is 0.786. The van der Waals surface area contributed by atoms with Gasteiger partial charge in [0.1, 0.15) is 5.75 Å². The summed E-state index contributed by atoms with van der Waals surface area (Å²) in [6.07, 6.45) is 1.60. The molecule has 0 aromatic heterocycles. The van der Waals surface area contributed by atoms with Crippen LogP contribution in [0.2, 0.25) is 15.1 Å². The minimum atomic E-state index is -0.0444. The number of carbonyl (C=O) groups is 1. The van der Waals surface area contributed by atoms with Crippen molar-refractivity contribution < 1.29 is 9.53 Å². The van der Waals surface area contributed by atoms with E-state index < -0.39 is 0 Å². The molecule has 7 heteroatoms. The zero-order chi connectivity index (χ0) is 19.4. The van der Waals surface area contributed by atoms with Crippen molar-refractivity contribution in [3.05, 3.63) is 57.0 Å². The number of likely N-dealkylation sites (tertiary alicyclic amines) is 1. The van der Waals surface area contributed by atoms with Crippen molar-refractivity contribution in [1.29, 1.82) is 0 Å². The fraction of sp³-hybridized carbons (Fsp3) is 0.350. The van der Waals surface area contributed by atoms with Gasteiger partial charge in [-0.1, -0.05) is 46.9 Å². The molecule has 1 fully saturated rings. The molecule has 3 rings (SSSR count). The second-order valence-corrected chi connectivity index (χ2v) is 7.86. The molecule has 4 nitrogen and oxygen atoms in total. The van der Waals surface area contributed by atoms with Crippen molar-refractivity contribution in [2.45, 2.75) is 19.4 Å². The molecule has 144 valence electrons. The molecule has 0 aliphatic carbocycles. The molecule has 1 aliphatic heterocycles. The molecular formula is C20H21Cl3N2O2. The van der Waals surface area contributed by atoms with Gasteiger partial charge < -0.3 is 10.1 Å². The second kappa shape index (κ2) is 9.16. The third-order valence-electron chi connectivity index (χ3n) is 4.77. The van der Waals surface area contributed by atoms with Crippen molar-refractivity contribution >= 4 is 46.4 Å². The topological polar surface area (TPSA) is 41.6 Å². The maximum absolute atomic E-state index is 12.6. The van der Waals surface area contributed by atoms with Gasteiger partial charge in [-0.05, 0) is 55.8 Å². The number of anilines is 1. The predicted octanol–water partition coefficient (Wildman–Crippen LogP) is 5.51. The summed E-state index contributed by atoms with van der Waals surface area (Å²) in [6, 6.07) is 11.2. The second-order valence-electron chi connectivity index (χ2n) is 6.64. The molecule has 0 unspecified atom stereocenters. The molecule has 0 atom stereocenters. The Morgan fingerprint density at radius 3 is 2.52 bits per heavy atom. The lowest BCUT2D eigenvalue weighted by Crippen LogP contribution is -2.37. The normalized spacial score (nSPS) is 15.6. The van der Waals surface area contributed by atoms with Gasteiger partial charge in [-0.2, -0.15) is 0 Å². The van der Waals surface area contributed by atoms with E-state index in [1.807, 2.05) is 18.2 Å². The highest BCUT2D eigenvalue weighted by Gasteiger charge is 2.25. The van der Waals surface area contributed by atoms with Crippen molar-refractivity contribution in [2.24, 2.45) is 5.92 Å². The Morgan fingerprint density at radius 1 is 1.11 bits per heavy atom. The Morgan fingerprint density at radius 2 is 1.81 bits per heavy atom. The quantitative estimate of drug-likeness (QED) is 0.640. The van der Waals surface area contributed by atoms with Crippen LogP contribution >= 0.6 is 34.8 Å². The molecule has 1 aliphatic rings. The van der Waals surface area contributed by atoms with E-state index in [0.717, 1.165) is 38.2 Å². The first-order valence-corrected chi connectivity index (χ1v) is 9.90. The van der Waals surface area contributed by atoms with Gasteiger partial charge in [0.15, 0.2) is 0 Å². The molecule has 1 N–H and O–H groups in total. The molecule has 2 aromatic carbocycles. The minimum absolute atomic E-state index is 0.0312. The molecule has 27 heavy (non-hydrogen) atoms. The maximum atomic E-state index is 12.6. The van der Waals surface area contributed by atoms with Crippen molar-refractivity contribution in [1.82, 2.24) is 4.90 Å². The van der Waals surface area contributed by atoms with Gasteiger partial charge in [0.2, 0.25) is 5.91 Å². The molecule has 1 heterocycles. The predicted molar refractivity (Wildman–Crippen MR) is 111 cm³/mol. The Labute approximate surface area is 174 Å². The van der Waals surface area contributed by atoms with Crippen LogP contribution < -0.4 is 10.1 Å². The molecule has 0 bridgehead atoms. The highest BCUT2D eigenvalue weighted by atomic mass is 35.5. The third-order valence-corrected chi connectivity index (χ3v) is 5.80. The van der Waals surface area contributed by atoms with Crippen LogP contribution in [0.3, 0.4) is 0 Å². The SMILES string of the molecule is COc1cccc(CN2CCC(C(=O)Nc3cc(Cl)c(Cl)cc3Cl)CC2)c1. The summed E-state index contributed by atoms with van der Waals surface area (Å²) in [4.78, 5) is 14.9. The van der Waals surface area contributed by atoms with E-state index in [0.29, 0.717) is 20.8 Å². The van der Waals surface area contributed by atoms with Crippen LogP contribution in [0.15, 0.2) is 36.4 Å². The van der Waals surface area contributed by atoms with Crippen LogP contribution in [0.4, 0.5) is 5.69 Å². The number of rotatable bonds is 5. The lowest BCUT2D eigenvalue weighted by molar-refractivity contribution is -0.121. The molecule has 0 spiro atoms. The fourth-order valence-corrected chi connectivity index (χ4v) is 3.83. The van der Waals surface area contributed by atoms with Crippen LogP contribution in [-0.4, -0.2) is 31.0 Å². The number of carbonyl (C=O) groups excluding carboxylic acids is 1. The van der Waals surface area contributed by atoms with E-state index in [1.54, 1.807) is 13.2 Å². The molecule has 1 amide bonds. The minimum Gasteiger partial charge on any atom is -0.497 e. The summed E-state index contributed by atoms with van der Waals surface area (Å²) < 4.78 is 5.27. The van der Waals surface area contributed by atoms with Crippen molar-refractivity contribution in [3.8, 4) is 5.75 Å². The monoisotopic (exact) mass is 426 g/mol. The zero-order valence-electron chi connectivity index (χ0n) is 15.0. The standard InChI is InChI=1S/C20H21Cl3N2O2/c1-27-15-4-2-3-13(9-15)12-25-7-5-14(6-8-25)20(26)24-19-11-17(22)16(21)10-18(19)23/h2-4,9-11,14H,5-8,12H2,1H3,(H,24,26). The van der Waals surface area contributed by atoms with Gasteiger partial charge in [-0.15, -0.1) is 0 Å². The molecule has 0 radical (unpaired) electrons. The number of hydrogen-bond acceptors (Lipinski definition) is 3. The molecule has 1 saturated heterocycles. The first-order valence-electron chi connectivity index (χ1n) is 8.77. The Hall–Kier alpha value is -1.46. The average molecular weight is 428 g/mol. The number of halogens is 3. The van der Waals surface area contributed by atoms with E-state index in [2.05, 4.69) is 16.3 Å². The molecule has 2 aromatic rings. The summed E-state index contributed by atoms with van der Waals surface area (Å²) >= 11 is 18.1. The van der Waals surface area contributed by atoms with Gasteiger partial charge in [0, 0.05) is 12.5 Å². The van der Waals surface area contributed by atoms with Gasteiger partial charge in [-0.25, -0.2) is 0 Å². The number of benzene rings is 2. The Bertz CT molecular complexity index is 821. The van der Waals surface area contributed by atoms with Crippen molar-refractivity contribution in [3.63, 3.8) is 0 Å². The number of nitrogens with zero attached hydrogens (tertiary/aromatic N) is 1. The summed E-state index contributed by atoms with van der Waals surface area (Å²) in [6.45, 7) is 2.58. The van der Waals surface area contributed by atoms with Gasteiger partial charge >= 0.3 is 0 Å². The lowest BCUT2D eigenvalue weighted by atomic mass is 9.95. The summed E-state index contributed by atoms with van der Waals surface area (Å²) in [5, 5.41) is 3.99. The fourth-order valence-electron chi connectivity index (χ4n) is 3.24. The van der Waals surface area contributed by atoms with E-state index in [9.17, 15) is 4.79 Å². The summed E-state index contributed by atoms with van der Waals surface area (Å²) in [5.41, 5.74) is 1.70. The Kier molecular flexibility index (Phi) is 6.88. The van der Waals surface area contributed by atoms with Crippen LogP contribution in [0.1, 0.15) is 18.4 Å². The number of amides is 1. The van der Waals surface area contributed by atoms with E-state index in [1.165, 1.54) is 11.6 Å². The highest BCUT2D eigenvalue weighted by Crippen LogP contribution is 2.33. The smallest absolute Gasteiger partial charge is 0.227 e. The number of piperidine rings is 1. The zero-order valence-corrected chi connectivity index (χ0v) is 17.2. The number of nitrogens with one attached hydrogen (secondary N) is 1. The van der Waals surface area contributed by atoms with Crippen LogP contribution in [0.25, 0.3) is 0 Å². The number of hydrogen-bond donors (Lipinski definition) is 1. The molecule has 0 saturated carbocycles. The first-order chi connectivity index (χ1) is 13.0. The highest BCUT2D eigenvalue weighted by molar-refractivity contribution is 6.44. The van der Waals surface area contributed by atoms with E-state index in [4.69, 9.17) is 39.5 Å². The summed E-state index contributed by atoms with van der Waals surface area (Å²) in [7, 11) is 1.67. The van der Waals surface area contributed by atoms with Crippen LogP contribution in [-0.2, 0) is 11.3 Å². The maximum Gasteiger partial charge on any atom is 0.227 e. The number of methoxy groups -OCH3 is 1. The van der Waals surface area contributed by atoms with Crippen LogP contribution in [0, 0.1) is 5.92 Å². The Balaban J connectivity index is 1.54. The van der Waals surface area contributed by atoms with Crippen LogP contribution in [0.5, 0.6) is 5.75 Å². The van der Waals surface area contributed by atoms with Crippen molar-refractivity contribution in [2.75, 3.05) is 25.5 Å². The van der Waals surface area contributed by atoms with E-state index in [-0.39, 0.29) is 11.8 Å². The lowest BCUT2D eigenvalue weighted by Gasteiger charge is -2.31. The molecular weight excluding hydrogens is 407 g/mol. The van der Waals surface area contributed by atoms with Gasteiger partial charge in [0.25, 0.3) is 0 Å². The average Bonchev–Trinajstić information content (AvgIpc) is 2.66. The van der Waals surface area contributed by atoms with E-state index >= 15 is 0 Å². The first kappa shape index (κ1) is 20.3. The van der Waals surface area contributed by atoms with Gasteiger partial charge in [-0.3, -0.25) is 9.69 Å². The van der Waals surface area contributed by atoms with Gasteiger partial charge in [0.05, 0.1) is 27.9 Å². The third kappa shape index (κ3) is 5.29. The number of ether oxygens (including phenoxy) is 1.